The highest BCUT2D eigenvalue weighted by Gasteiger charge is 2.47. The van der Waals surface area contributed by atoms with E-state index in [9.17, 15) is 4.79 Å². The fraction of sp³-hybridized carbons (Fsp3) is 0.917. The smallest absolute Gasteiger partial charge is 0.136 e. The topological polar surface area (TPSA) is 17.1 Å². The third-order valence-corrected chi connectivity index (χ3v) is 4.71. The molecule has 0 aromatic rings. The fourth-order valence-electron chi connectivity index (χ4n) is 4.19. The van der Waals surface area contributed by atoms with Crippen molar-refractivity contribution in [3.05, 3.63) is 0 Å². The Bertz CT molecular complexity index is 233. The lowest BCUT2D eigenvalue weighted by Gasteiger charge is -2.35. The second-order valence-electron chi connectivity index (χ2n) is 5.23. The molecule has 1 heteroatoms. The molecule has 4 atom stereocenters. The van der Waals surface area contributed by atoms with Crippen LogP contribution in [-0.4, -0.2) is 5.78 Å². The monoisotopic (exact) mass is 178 g/mol. The van der Waals surface area contributed by atoms with E-state index in [2.05, 4.69) is 0 Å². The van der Waals surface area contributed by atoms with Crippen LogP contribution in [0.15, 0.2) is 0 Å². The van der Waals surface area contributed by atoms with Crippen molar-refractivity contribution in [1.82, 2.24) is 0 Å². The van der Waals surface area contributed by atoms with Crippen LogP contribution >= 0.6 is 0 Å². The number of Topliss-reactive ketones (excluding diaryl/α,β-unsaturated/α-hetero) is 1. The predicted octanol–water partition coefficient (Wildman–Crippen LogP) is 2.79. The van der Waals surface area contributed by atoms with Crippen molar-refractivity contribution in [3.8, 4) is 0 Å². The van der Waals surface area contributed by atoms with Crippen LogP contribution in [0.1, 0.15) is 44.9 Å². The lowest BCUT2D eigenvalue weighted by molar-refractivity contribution is -0.129. The van der Waals surface area contributed by atoms with E-state index in [4.69, 9.17) is 0 Å². The molecule has 0 radical (unpaired) electrons. The molecule has 0 aromatic carbocycles. The Kier molecular flexibility index (Phi) is 1.75. The van der Waals surface area contributed by atoms with Gasteiger partial charge in [0.15, 0.2) is 0 Å². The molecule has 0 aromatic heterocycles. The van der Waals surface area contributed by atoms with Crippen LogP contribution in [0.4, 0.5) is 0 Å². The quantitative estimate of drug-likeness (QED) is 0.557. The second kappa shape index (κ2) is 2.83. The van der Waals surface area contributed by atoms with Gasteiger partial charge in [-0.25, -0.2) is 0 Å². The van der Waals surface area contributed by atoms with Gasteiger partial charge in [-0.15, -0.1) is 0 Å². The number of rotatable bonds is 0. The zero-order valence-electron chi connectivity index (χ0n) is 8.17. The van der Waals surface area contributed by atoms with Gasteiger partial charge in [0.2, 0.25) is 0 Å². The van der Waals surface area contributed by atoms with Crippen molar-refractivity contribution < 1.29 is 4.79 Å². The first kappa shape index (κ1) is 8.02. The molecule has 72 valence electrons. The molecular formula is C12H18O. The Balaban J connectivity index is 1.88. The minimum atomic E-state index is 0.499. The normalized spacial score (nSPS) is 49.1. The Morgan fingerprint density at radius 2 is 1.69 bits per heavy atom. The summed E-state index contributed by atoms with van der Waals surface area (Å²) in [4.78, 5) is 11.8. The molecule has 0 spiro atoms. The highest BCUT2D eigenvalue weighted by atomic mass is 16.1. The minimum Gasteiger partial charge on any atom is -0.299 e. The third kappa shape index (κ3) is 1.09. The highest BCUT2D eigenvalue weighted by Crippen LogP contribution is 2.52. The molecule has 0 amide bonds. The largest absolute Gasteiger partial charge is 0.299 e. The molecule has 0 saturated heterocycles. The average molecular weight is 178 g/mol. The zero-order chi connectivity index (χ0) is 8.84. The van der Waals surface area contributed by atoms with Crippen molar-refractivity contribution in [3.63, 3.8) is 0 Å². The first-order valence-electron chi connectivity index (χ1n) is 5.89. The van der Waals surface area contributed by atoms with Crippen molar-refractivity contribution in [2.24, 2.45) is 23.7 Å². The van der Waals surface area contributed by atoms with Crippen molar-refractivity contribution in [2.75, 3.05) is 0 Å². The van der Waals surface area contributed by atoms with Gasteiger partial charge in [-0.05, 0) is 43.4 Å². The molecule has 3 rings (SSSR count). The average Bonchev–Trinajstić information content (AvgIpc) is 2.66. The van der Waals surface area contributed by atoms with E-state index < -0.39 is 0 Å². The number of fused-ring (bicyclic) bond motifs is 3. The van der Waals surface area contributed by atoms with Gasteiger partial charge in [0.25, 0.3) is 0 Å². The molecule has 1 nitrogen and oxygen atoms in total. The summed E-state index contributed by atoms with van der Waals surface area (Å²) in [5.74, 6) is 3.68. The standard InChI is InChI=1S/C12H18O/c13-12-7-8-3-1-4-9(8)10-5-2-6-11(10)12/h8-11H,1-7H2/t8-,9-,10+,11+/m0/s1. The van der Waals surface area contributed by atoms with Crippen molar-refractivity contribution >= 4 is 5.78 Å². The molecular weight excluding hydrogens is 160 g/mol. The van der Waals surface area contributed by atoms with Gasteiger partial charge in [-0.2, -0.15) is 0 Å². The van der Waals surface area contributed by atoms with E-state index in [1.54, 1.807) is 0 Å². The van der Waals surface area contributed by atoms with E-state index in [1.807, 2.05) is 0 Å². The van der Waals surface area contributed by atoms with Gasteiger partial charge in [0, 0.05) is 12.3 Å². The first-order chi connectivity index (χ1) is 6.36. The van der Waals surface area contributed by atoms with Crippen LogP contribution in [0.25, 0.3) is 0 Å². The number of carbonyl (C=O) groups is 1. The molecule has 0 N–H and O–H groups in total. The van der Waals surface area contributed by atoms with Crippen LogP contribution in [-0.2, 0) is 4.79 Å². The van der Waals surface area contributed by atoms with Crippen molar-refractivity contribution in [2.45, 2.75) is 44.9 Å². The van der Waals surface area contributed by atoms with Crippen LogP contribution in [0.2, 0.25) is 0 Å². The second-order valence-corrected chi connectivity index (χ2v) is 5.23. The summed E-state index contributed by atoms with van der Waals surface area (Å²) < 4.78 is 0. The summed E-state index contributed by atoms with van der Waals surface area (Å²) in [5, 5.41) is 0. The zero-order valence-corrected chi connectivity index (χ0v) is 8.17. The third-order valence-electron chi connectivity index (χ3n) is 4.71. The molecule has 3 saturated carbocycles. The van der Waals surface area contributed by atoms with Gasteiger partial charge in [-0.3, -0.25) is 4.79 Å². The Hall–Kier alpha value is -0.330. The summed E-state index contributed by atoms with van der Waals surface area (Å²) in [5.41, 5.74) is 0. The summed E-state index contributed by atoms with van der Waals surface area (Å²) in [6.07, 6.45) is 9.00. The molecule has 3 fully saturated rings. The van der Waals surface area contributed by atoms with Crippen LogP contribution in [0, 0.1) is 23.7 Å². The highest BCUT2D eigenvalue weighted by molar-refractivity contribution is 5.82. The summed E-state index contributed by atoms with van der Waals surface area (Å²) in [7, 11) is 0. The van der Waals surface area contributed by atoms with E-state index in [-0.39, 0.29) is 0 Å². The van der Waals surface area contributed by atoms with Gasteiger partial charge in [0.05, 0.1) is 0 Å². The van der Waals surface area contributed by atoms with Crippen LogP contribution < -0.4 is 0 Å². The lowest BCUT2D eigenvalue weighted by atomic mass is 9.69. The fourth-order valence-corrected chi connectivity index (χ4v) is 4.19. The first-order valence-corrected chi connectivity index (χ1v) is 5.89. The SMILES string of the molecule is O=C1C[C@@H]2CCC[C@@H]2[C@H]2CCC[C@@H]12. The predicted molar refractivity (Wildman–Crippen MR) is 51.3 cm³/mol. The molecule has 0 bridgehead atoms. The number of ketones is 1. The maximum Gasteiger partial charge on any atom is 0.136 e. The lowest BCUT2D eigenvalue weighted by Crippen LogP contribution is -2.35. The molecule has 13 heavy (non-hydrogen) atoms. The van der Waals surface area contributed by atoms with E-state index in [1.165, 1.54) is 38.5 Å². The maximum absolute atomic E-state index is 11.8. The van der Waals surface area contributed by atoms with Gasteiger partial charge in [0.1, 0.15) is 5.78 Å². The van der Waals surface area contributed by atoms with E-state index in [0.717, 1.165) is 24.2 Å². The molecule has 0 aliphatic heterocycles. The minimum absolute atomic E-state index is 0.499. The molecule has 3 aliphatic rings. The number of hydrogen-bond acceptors (Lipinski definition) is 1. The van der Waals surface area contributed by atoms with Crippen molar-refractivity contribution in [1.29, 1.82) is 0 Å². The van der Waals surface area contributed by atoms with Crippen LogP contribution in [0.3, 0.4) is 0 Å². The summed E-state index contributed by atoms with van der Waals surface area (Å²) in [6.45, 7) is 0. The van der Waals surface area contributed by atoms with Gasteiger partial charge in [-0.1, -0.05) is 12.8 Å². The summed E-state index contributed by atoms with van der Waals surface area (Å²) >= 11 is 0. The number of carbonyl (C=O) groups excluding carboxylic acids is 1. The Labute approximate surface area is 79.9 Å². The Morgan fingerprint density at radius 1 is 0.923 bits per heavy atom. The Morgan fingerprint density at radius 3 is 2.62 bits per heavy atom. The van der Waals surface area contributed by atoms with E-state index in [0.29, 0.717) is 11.7 Å². The summed E-state index contributed by atoms with van der Waals surface area (Å²) in [6, 6.07) is 0. The van der Waals surface area contributed by atoms with Crippen LogP contribution in [0.5, 0.6) is 0 Å². The maximum atomic E-state index is 11.8. The van der Waals surface area contributed by atoms with E-state index >= 15 is 0 Å². The molecule has 0 unspecified atom stereocenters. The van der Waals surface area contributed by atoms with Gasteiger partial charge < -0.3 is 0 Å². The number of hydrogen-bond donors (Lipinski definition) is 0. The molecule has 3 aliphatic carbocycles. The molecule has 0 heterocycles. The van der Waals surface area contributed by atoms with Gasteiger partial charge >= 0.3 is 0 Å².